The Morgan fingerprint density at radius 3 is 1.77 bits per heavy atom. The first-order valence-electron chi connectivity index (χ1n) is 26.9. The molecule has 8 rings (SSSR count). The summed E-state index contributed by atoms with van der Waals surface area (Å²) < 4.78 is 19.9. The molecule has 0 bridgehead atoms. The smallest absolute Gasteiger partial charge is 0.248 e. The van der Waals surface area contributed by atoms with Crippen LogP contribution in [0, 0.1) is 24.2 Å². The maximum absolute atomic E-state index is 14.7. The Labute approximate surface area is 450 Å². The number of fused-ring (bicyclic) bond motifs is 1. The maximum Gasteiger partial charge on any atom is 0.248 e. The number of nitrogens with zero attached hydrogens (tertiary/aromatic N) is 13. The SMILES string of the molecule is C#CCOCCOCCOCCNc1nc(N2CCN(C(=O)[C@@H](Cc3cc4ccccc4[nH]3)n3cc([C@@H](N)C(C)CC)nn3)CC2)nc(N2CCN(C(=O)[C@H](Cc3ccc(O)cc3)n3cc([C@@H](N)C(C)CC)nn3)CC2)n1. The number of para-hydroxylation sites is 1. The van der Waals surface area contributed by atoms with Crippen molar-refractivity contribution in [2.45, 2.75) is 77.5 Å². The summed E-state index contributed by atoms with van der Waals surface area (Å²) in [6.45, 7) is 14.4. The number of phenols is 1. The number of phenolic OH excluding ortho intramolecular Hbond substituents is 1. The molecule has 0 saturated carbocycles. The zero-order valence-electron chi connectivity index (χ0n) is 44.8. The van der Waals surface area contributed by atoms with Crippen LogP contribution in [0.4, 0.5) is 17.8 Å². The number of hydrogen-bond donors (Lipinski definition) is 5. The molecule has 0 radical (unpaired) electrons. The van der Waals surface area contributed by atoms with Crippen molar-refractivity contribution >= 4 is 40.6 Å². The lowest BCUT2D eigenvalue weighted by molar-refractivity contribution is -0.136. The Hall–Kier alpha value is -7.23. The highest BCUT2D eigenvalue weighted by molar-refractivity contribution is 5.83. The van der Waals surface area contributed by atoms with Crippen molar-refractivity contribution < 1.29 is 28.9 Å². The number of carbonyl (C=O) groups is 2. The van der Waals surface area contributed by atoms with Gasteiger partial charge in [0.1, 0.15) is 24.4 Å². The lowest BCUT2D eigenvalue weighted by atomic mass is 9.98. The number of amides is 2. The van der Waals surface area contributed by atoms with E-state index in [1.165, 1.54) is 0 Å². The van der Waals surface area contributed by atoms with E-state index in [9.17, 15) is 14.7 Å². The fourth-order valence-electron chi connectivity index (χ4n) is 9.37. The van der Waals surface area contributed by atoms with Gasteiger partial charge in [0, 0.05) is 83.0 Å². The monoisotopic (exact) mass is 1060 g/mol. The van der Waals surface area contributed by atoms with E-state index in [4.69, 9.17) is 47.1 Å². The molecule has 2 aliphatic heterocycles. The summed E-state index contributed by atoms with van der Waals surface area (Å²) in [5.41, 5.74) is 17.2. The van der Waals surface area contributed by atoms with Crippen LogP contribution in [-0.2, 0) is 36.6 Å². The number of rotatable bonds is 27. The molecule has 2 saturated heterocycles. The van der Waals surface area contributed by atoms with Crippen molar-refractivity contribution in [1.29, 1.82) is 0 Å². The molecular weight excluding hydrogens is 983 g/mol. The van der Waals surface area contributed by atoms with Gasteiger partial charge in [-0.1, -0.05) is 87.2 Å². The number of aromatic hydroxyl groups is 1. The summed E-state index contributed by atoms with van der Waals surface area (Å²) in [5.74, 6) is 4.05. The van der Waals surface area contributed by atoms with Crippen LogP contribution in [0.5, 0.6) is 5.75 Å². The van der Waals surface area contributed by atoms with Gasteiger partial charge in [-0.15, -0.1) is 16.6 Å². The van der Waals surface area contributed by atoms with Gasteiger partial charge in [-0.25, -0.2) is 9.36 Å². The molecule has 23 nitrogen and oxygen atoms in total. The molecule has 412 valence electrons. The van der Waals surface area contributed by atoms with Crippen molar-refractivity contribution in [2.75, 3.05) is 114 Å². The number of terminal acetylenes is 1. The Balaban J connectivity index is 0.963. The molecule has 7 N–H and O–H groups in total. The second-order valence-electron chi connectivity index (χ2n) is 19.8. The molecule has 2 aromatic carbocycles. The molecule has 0 spiro atoms. The Morgan fingerprint density at radius 2 is 1.23 bits per heavy atom. The molecule has 2 fully saturated rings. The number of piperazine rings is 2. The predicted molar refractivity (Wildman–Crippen MR) is 292 cm³/mol. The largest absolute Gasteiger partial charge is 0.508 e. The van der Waals surface area contributed by atoms with Gasteiger partial charge in [-0.2, -0.15) is 15.0 Å². The minimum Gasteiger partial charge on any atom is -0.508 e. The van der Waals surface area contributed by atoms with Crippen LogP contribution >= 0.6 is 0 Å². The van der Waals surface area contributed by atoms with E-state index in [0.717, 1.165) is 35.0 Å². The molecule has 6 heterocycles. The van der Waals surface area contributed by atoms with Gasteiger partial charge in [0.25, 0.3) is 0 Å². The Kier molecular flexibility index (Phi) is 19.8. The summed E-state index contributed by atoms with van der Waals surface area (Å²) in [4.78, 5) is 55.4. The van der Waals surface area contributed by atoms with E-state index in [2.05, 4.69) is 80.4 Å². The van der Waals surface area contributed by atoms with Crippen molar-refractivity contribution in [3.05, 3.63) is 89.6 Å². The second-order valence-corrected chi connectivity index (χ2v) is 19.8. The van der Waals surface area contributed by atoms with Gasteiger partial charge >= 0.3 is 0 Å². The molecule has 6 atom stereocenters. The number of benzene rings is 2. The third-order valence-electron chi connectivity index (χ3n) is 14.6. The van der Waals surface area contributed by atoms with E-state index in [-0.39, 0.29) is 48.1 Å². The normalized spacial score (nSPS) is 16.5. The number of nitrogens with two attached hydrogens (primary N) is 2. The molecule has 0 aliphatic carbocycles. The van der Waals surface area contributed by atoms with Crippen LogP contribution in [0.2, 0.25) is 0 Å². The van der Waals surface area contributed by atoms with E-state index in [0.29, 0.717) is 134 Å². The predicted octanol–water partition coefficient (Wildman–Crippen LogP) is 3.69. The first-order valence-corrected chi connectivity index (χ1v) is 26.9. The van der Waals surface area contributed by atoms with Crippen molar-refractivity contribution in [3.63, 3.8) is 0 Å². The molecule has 2 aliphatic rings. The first-order chi connectivity index (χ1) is 37.4. The fraction of sp³-hybridized carbons (Fsp3) is 0.537. The highest BCUT2D eigenvalue weighted by Gasteiger charge is 2.34. The van der Waals surface area contributed by atoms with Gasteiger partial charge in [-0.05, 0) is 47.1 Å². The zero-order chi connectivity index (χ0) is 54.3. The Bertz CT molecular complexity index is 2820. The summed E-state index contributed by atoms with van der Waals surface area (Å²) in [6, 6.07) is 15.0. The van der Waals surface area contributed by atoms with Gasteiger partial charge in [0.2, 0.25) is 29.7 Å². The number of nitrogens with one attached hydrogen (secondary N) is 2. The third-order valence-corrected chi connectivity index (χ3v) is 14.6. The summed E-state index contributed by atoms with van der Waals surface area (Å²) >= 11 is 0. The van der Waals surface area contributed by atoms with E-state index in [1.54, 1.807) is 27.7 Å². The summed E-state index contributed by atoms with van der Waals surface area (Å²) in [5, 5.41) is 32.2. The molecular formula is C54H75N17O6. The van der Waals surface area contributed by atoms with Crippen molar-refractivity contribution in [2.24, 2.45) is 23.3 Å². The topological polar surface area (TPSA) is 275 Å². The standard InChI is InChI=1S/C54H75N17O6/c1-6-26-75-28-30-77-31-29-76-27-17-57-52-59-53(68-22-18-66(19-23-68)50(73)46(32-39-13-15-42(72)16-14-39)70-35-44(62-64-70)48(55)37(4)7-2)61-54(60-52)69-24-20-67(21-25-69)51(74)47(34-41-33-40-11-9-10-12-43(40)58-41)71-36-45(63-65-71)49(56)38(5)8-3/h1,9-16,33,35-38,46-49,58,72H,7-8,17-32,34,55-56H2,2-5H3,(H,57,59,60,61)/t37?,38?,46-,47+,48-,49-/m0/s1. The van der Waals surface area contributed by atoms with Crippen LogP contribution in [0.15, 0.2) is 67.0 Å². The number of aromatic nitrogens is 10. The van der Waals surface area contributed by atoms with Crippen LogP contribution in [0.1, 0.15) is 87.3 Å². The quantitative estimate of drug-likeness (QED) is 0.0363. The van der Waals surface area contributed by atoms with Gasteiger partial charge in [0.15, 0.2) is 0 Å². The van der Waals surface area contributed by atoms with Crippen LogP contribution in [0.3, 0.4) is 0 Å². The number of carbonyl (C=O) groups excluding carboxylic acids is 2. The minimum absolute atomic E-state index is 0.0742. The molecule has 2 unspecified atom stereocenters. The fourth-order valence-corrected chi connectivity index (χ4v) is 9.37. The minimum atomic E-state index is -0.700. The van der Waals surface area contributed by atoms with Crippen LogP contribution in [-0.4, -0.2) is 175 Å². The van der Waals surface area contributed by atoms with E-state index >= 15 is 0 Å². The van der Waals surface area contributed by atoms with Crippen LogP contribution in [0.25, 0.3) is 10.9 Å². The Morgan fingerprint density at radius 1 is 0.714 bits per heavy atom. The molecule has 6 aromatic rings. The average molecular weight is 1060 g/mol. The number of hydrogen-bond acceptors (Lipinski definition) is 18. The summed E-state index contributed by atoms with van der Waals surface area (Å²) in [7, 11) is 0. The molecule has 23 heteroatoms. The summed E-state index contributed by atoms with van der Waals surface area (Å²) in [6.07, 6.45) is 11.3. The third kappa shape index (κ3) is 14.6. The van der Waals surface area contributed by atoms with E-state index in [1.807, 2.05) is 52.4 Å². The lowest BCUT2D eigenvalue weighted by Crippen LogP contribution is -2.52. The molecule has 4 aromatic heterocycles. The zero-order valence-corrected chi connectivity index (χ0v) is 44.8. The number of aromatic amines is 1. The number of H-pyrrole nitrogens is 1. The number of anilines is 3. The van der Waals surface area contributed by atoms with Gasteiger partial charge < -0.3 is 60.7 Å². The van der Waals surface area contributed by atoms with Crippen LogP contribution < -0.4 is 26.6 Å². The molecule has 2 amide bonds. The van der Waals surface area contributed by atoms with Crippen molar-refractivity contribution in [1.82, 2.24) is 59.7 Å². The first kappa shape index (κ1) is 56.0. The highest BCUT2D eigenvalue weighted by atomic mass is 16.5. The highest BCUT2D eigenvalue weighted by Crippen LogP contribution is 2.28. The molecule has 77 heavy (non-hydrogen) atoms. The number of ether oxygens (including phenoxy) is 3. The maximum atomic E-state index is 14.7. The van der Waals surface area contributed by atoms with E-state index < -0.39 is 12.1 Å². The van der Waals surface area contributed by atoms with Gasteiger partial charge in [-0.3, -0.25) is 9.59 Å². The second kappa shape index (κ2) is 27.2. The average Bonchev–Trinajstić information content (AvgIpc) is 4.26. The lowest BCUT2D eigenvalue weighted by Gasteiger charge is -2.38. The van der Waals surface area contributed by atoms with Crippen molar-refractivity contribution in [3.8, 4) is 18.1 Å². The van der Waals surface area contributed by atoms with Gasteiger partial charge in [0.05, 0.1) is 68.9 Å².